The van der Waals surface area contributed by atoms with E-state index in [0.29, 0.717) is 6.61 Å². The van der Waals surface area contributed by atoms with Crippen LogP contribution in [0.1, 0.15) is 96.8 Å². The molecule has 0 bridgehead atoms. The van der Waals surface area contributed by atoms with Crippen LogP contribution in [0, 0.1) is 5.92 Å². The van der Waals surface area contributed by atoms with Gasteiger partial charge in [-0.05, 0) is 6.42 Å². The summed E-state index contributed by atoms with van der Waals surface area (Å²) >= 11 is 0. The number of ether oxygens (including phenoxy) is 1. The molecule has 1 unspecified atom stereocenters. The van der Waals surface area contributed by atoms with Crippen LogP contribution in [-0.4, -0.2) is 40.9 Å². The Labute approximate surface area is 161 Å². The van der Waals surface area contributed by atoms with Gasteiger partial charge in [-0.3, -0.25) is 4.57 Å². The van der Waals surface area contributed by atoms with Crippen molar-refractivity contribution < 1.29 is 24.2 Å². The number of hydrogen-bond acceptors (Lipinski definition) is 3. The third-order valence-electron chi connectivity index (χ3n) is 4.75. The van der Waals surface area contributed by atoms with Gasteiger partial charge in [0.1, 0.15) is 0 Å². The SMILES string of the molecule is CCCCCCCCCCCCCCCCOCC(CO)CP(=O)(O)O. The smallest absolute Gasteiger partial charge is 0.326 e. The van der Waals surface area contributed by atoms with Crippen LogP contribution < -0.4 is 0 Å². The van der Waals surface area contributed by atoms with E-state index in [1.165, 1.54) is 77.0 Å². The fourth-order valence-corrected chi connectivity index (χ4v) is 4.04. The molecule has 0 saturated heterocycles. The average molecular weight is 395 g/mol. The van der Waals surface area contributed by atoms with Crippen LogP contribution in [0.2, 0.25) is 0 Å². The summed E-state index contributed by atoms with van der Waals surface area (Å²) in [7, 11) is -4.07. The predicted molar refractivity (Wildman–Crippen MR) is 109 cm³/mol. The van der Waals surface area contributed by atoms with Crippen molar-refractivity contribution in [1.29, 1.82) is 0 Å². The maximum Gasteiger partial charge on any atom is 0.326 e. The third-order valence-corrected chi connectivity index (χ3v) is 5.74. The van der Waals surface area contributed by atoms with Gasteiger partial charge in [-0.2, -0.15) is 0 Å². The lowest BCUT2D eigenvalue weighted by Gasteiger charge is -2.15. The first-order valence-corrected chi connectivity index (χ1v) is 12.5. The van der Waals surface area contributed by atoms with Crippen molar-refractivity contribution in [3.63, 3.8) is 0 Å². The molecule has 0 saturated carbocycles. The van der Waals surface area contributed by atoms with E-state index >= 15 is 0 Å². The van der Waals surface area contributed by atoms with E-state index in [0.717, 1.165) is 12.8 Å². The molecule has 158 valence electrons. The fraction of sp³-hybridized carbons (Fsp3) is 1.00. The Morgan fingerprint density at radius 1 is 0.769 bits per heavy atom. The van der Waals surface area contributed by atoms with Crippen molar-refractivity contribution in [2.45, 2.75) is 96.8 Å². The highest BCUT2D eigenvalue weighted by molar-refractivity contribution is 7.51. The molecular weight excluding hydrogens is 351 g/mol. The first kappa shape index (κ1) is 26.1. The minimum Gasteiger partial charge on any atom is -0.396 e. The second-order valence-electron chi connectivity index (χ2n) is 7.57. The van der Waals surface area contributed by atoms with Crippen molar-refractivity contribution >= 4 is 7.60 Å². The van der Waals surface area contributed by atoms with E-state index in [-0.39, 0.29) is 19.4 Å². The van der Waals surface area contributed by atoms with Gasteiger partial charge in [0.05, 0.1) is 12.8 Å². The summed E-state index contributed by atoms with van der Waals surface area (Å²) < 4.78 is 16.3. The van der Waals surface area contributed by atoms with E-state index in [1.807, 2.05) is 0 Å². The Morgan fingerprint density at radius 3 is 1.58 bits per heavy atom. The third kappa shape index (κ3) is 20.4. The van der Waals surface area contributed by atoms with Gasteiger partial charge in [0.25, 0.3) is 0 Å². The average Bonchev–Trinajstić information content (AvgIpc) is 2.59. The molecule has 0 aliphatic rings. The number of rotatable bonds is 20. The minimum atomic E-state index is -4.07. The zero-order valence-corrected chi connectivity index (χ0v) is 17.8. The van der Waals surface area contributed by atoms with Crippen LogP contribution in [0.15, 0.2) is 0 Å². The van der Waals surface area contributed by atoms with E-state index in [2.05, 4.69) is 6.92 Å². The molecule has 0 aliphatic heterocycles. The number of aliphatic hydroxyl groups excluding tert-OH is 1. The van der Waals surface area contributed by atoms with Gasteiger partial charge in [0.15, 0.2) is 0 Å². The highest BCUT2D eigenvalue weighted by Gasteiger charge is 2.20. The lowest BCUT2D eigenvalue weighted by atomic mass is 10.0. The summed E-state index contributed by atoms with van der Waals surface area (Å²) in [6, 6.07) is 0. The molecular formula is C20H43O5P. The predicted octanol–water partition coefficient (Wildman–Crippen LogP) is 5.27. The van der Waals surface area contributed by atoms with Gasteiger partial charge in [-0.1, -0.05) is 90.4 Å². The summed E-state index contributed by atoms with van der Waals surface area (Å²) in [4.78, 5) is 17.8. The molecule has 1 atom stereocenters. The van der Waals surface area contributed by atoms with Crippen molar-refractivity contribution in [1.82, 2.24) is 0 Å². The van der Waals surface area contributed by atoms with E-state index in [9.17, 15) is 4.57 Å². The molecule has 0 aromatic heterocycles. The molecule has 0 rings (SSSR count). The largest absolute Gasteiger partial charge is 0.396 e. The van der Waals surface area contributed by atoms with Gasteiger partial charge in [0, 0.05) is 19.1 Å². The lowest BCUT2D eigenvalue weighted by Crippen LogP contribution is -2.18. The summed E-state index contributed by atoms with van der Waals surface area (Å²) in [5.74, 6) is -0.470. The van der Waals surface area contributed by atoms with E-state index in [4.69, 9.17) is 19.6 Å². The number of aliphatic hydroxyl groups is 1. The topological polar surface area (TPSA) is 87.0 Å². The quantitative estimate of drug-likeness (QED) is 0.193. The Hall–Kier alpha value is 0.0700. The maximum atomic E-state index is 10.9. The molecule has 0 spiro atoms. The monoisotopic (exact) mass is 394 g/mol. The van der Waals surface area contributed by atoms with Gasteiger partial charge in [-0.15, -0.1) is 0 Å². The van der Waals surface area contributed by atoms with Crippen LogP contribution in [-0.2, 0) is 9.30 Å². The van der Waals surface area contributed by atoms with Gasteiger partial charge >= 0.3 is 7.60 Å². The zero-order valence-electron chi connectivity index (χ0n) is 16.9. The Morgan fingerprint density at radius 2 is 1.19 bits per heavy atom. The van der Waals surface area contributed by atoms with Crippen molar-refractivity contribution in [2.24, 2.45) is 5.92 Å². The molecule has 26 heavy (non-hydrogen) atoms. The van der Waals surface area contributed by atoms with Crippen LogP contribution in [0.25, 0.3) is 0 Å². The van der Waals surface area contributed by atoms with Gasteiger partial charge < -0.3 is 19.6 Å². The summed E-state index contributed by atoms with van der Waals surface area (Å²) in [6.45, 7) is 2.84. The molecule has 0 radical (unpaired) electrons. The molecule has 0 heterocycles. The van der Waals surface area contributed by atoms with E-state index < -0.39 is 13.5 Å². The summed E-state index contributed by atoms with van der Waals surface area (Å²) in [6.07, 6.45) is 18.1. The Kier molecular flexibility index (Phi) is 18.5. The fourth-order valence-electron chi connectivity index (χ4n) is 3.15. The lowest BCUT2D eigenvalue weighted by molar-refractivity contribution is 0.0766. The normalized spacial score (nSPS) is 13.2. The van der Waals surface area contributed by atoms with Crippen molar-refractivity contribution in [3.8, 4) is 0 Å². The van der Waals surface area contributed by atoms with Gasteiger partial charge in [0.2, 0.25) is 0 Å². The molecule has 0 amide bonds. The molecule has 3 N–H and O–H groups in total. The molecule has 0 aromatic rings. The molecule has 0 aromatic carbocycles. The molecule has 0 aliphatic carbocycles. The Balaban J connectivity index is 3.23. The first-order valence-electron chi connectivity index (χ1n) is 10.7. The highest BCUT2D eigenvalue weighted by atomic mass is 31.2. The van der Waals surface area contributed by atoms with Crippen molar-refractivity contribution in [3.05, 3.63) is 0 Å². The Bertz CT molecular complexity index is 332. The van der Waals surface area contributed by atoms with Gasteiger partial charge in [-0.25, -0.2) is 0 Å². The van der Waals surface area contributed by atoms with Crippen LogP contribution in [0.4, 0.5) is 0 Å². The highest BCUT2D eigenvalue weighted by Crippen LogP contribution is 2.36. The second kappa shape index (κ2) is 18.4. The van der Waals surface area contributed by atoms with E-state index in [1.54, 1.807) is 0 Å². The minimum absolute atomic E-state index is 0.222. The van der Waals surface area contributed by atoms with Crippen LogP contribution in [0.3, 0.4) is 0 Å². The number of unbranched alkanes of at least 4 members (excludes halogenated alkanes) is 13. The second-order valence-corrected chi connectivity index (χ2v) is 9.26. The van der Waals surface area contributed by atoms with Crippen LogP contribution in [0.5, 0.6) is 0 Å². The molecule has 6 heteroatoms. The standard InChI is InChI=1S/C20H43O5P/c1-2-3-4-5-6-7-8-9-10-11-12-13-14-15-16-25-18-20(17-21)19-26(22,23)24/h20-21H,2-19H2,1H3,(H2,22,23,24). The molecule has 5 nitrogen and oxygen atoms in total. The first-order chi connectivity index (χ1) is 12.5. The zero-order chi connectivity index (χ0) is 19.5. The van der Waals surface area contributed by atoms with Crippen LogP contribution >= 0.6 is 7.60 Å². The number of hydrogen-bond donors (Lipinski definition) is 3. The van der Waals surface area contributed by atoms with Crippen molar-refractivity contribution in [2.75, 3.05) is 26.0 Å². The summed E-state index contributed by atoms with van der Waals surface area (Å²) in [5, 5.41) is 9.09. The summed E-state index contributed by atoms with van der Waals surface area (Å²) in [5.41, 5.74) is 0. The molecule has 0 fully saturated rings. The maximum absolute atomic E-state index is 10.9.